The molecule has 2 unspecified atom stereocenters. The Morgan fingerprint density at radius 3 is 2.23 bits per heavy atom. The smallest absolute Gasteiger partial charge is 0.410 e. The number of benzene rings is 2. The number of ether oxygens (including phenoxy) is 1. The summed E-state index contributed by atoms with van der Waals surface area (Å²) in [5.41, 5.74) is 4.31. The van der Waals surface area contributed by atoms with E-state index in [1.165, 1.54) is 0 Å². The molecule has 30 heavy (non-hydrogen) atoms. The fourth-order valence-electron chi connectivity index (χ4n) is 5.16. The first kappa shape index (κ1) is 19.1. The number of likely N-dealkylation sites (tertiary alicyclic amines) is 2. The van der Waals surface area contributed by atoms with Gasteiger partial charge in [-0.05, 0) is 36.9 Å². The molecule has 1 aliphatic carbocycles. The van der Waals surface area contributed by atoms with Gasteiger partial charge < -0.3 is 14.7 Å². The predicted molar refractivity (Wildman–Crippen MR) is 112 cm³/mol. The average Bonchev–Trinajstić information content (AvgIpc) is 3.39. The normalized spacial score (nSPS) is 23.8. The number of piperidine rings is 1. The second-order valence-electron chi connectivity index (χ2n) is 8.50. The van der Waals surface area contributed by atoms with Gasteiger partial charge in [0.25, 0.3) is 0 Å². The third-order valence-electron chi connectivity index (χ3n) is 6.74. The van der Waals surface area contributed by atoms with Crippen molar-refractivity contribution in [2.24, 2.45) is 5.92 Å². The molecule has 0 radical (unpaired) electrons. The van der Waals surface area contributed by atoms with Gasteiger partial charge in [0.2, 0.25) is 0 Å². The third kappa shape index (κ3) is 3.35. The highest BCUT2D eigenvalue weighted by Crippen LogP contribution is 2.45. The van der Waals surface area contributed by atoms with Gasteiger partial charge >= 0.3 is 12.1 Å². The summed E-state index contributed by atoms with van der Waals surface area (Å²) in [5, 5.41) is 9.35. The van der Waals surface area contributed by atoms with Crippen molar-refractivity contribution in [1.82, 2.24) is 9.80 Å². The third-order valence-corrected chi connectivity index (χ3v) is 6.74. The standard InChI is InChI=1S/C24H26N2O4/c27-23(28)16-6-5-12-25(14-16)17-11-13-26(15-17)24(29)30-22-20-9-3-1-7-18(20)19-8-2-4-10-21(19)22/h1-4,7-10,16-17,22H,5-6,11-15H2,(H,27,28). The van der Waals surface area contributed by atoms with Crippen LogP contribution in [0.4, 0.5) is 4.79 Å². The van der Waals surface area contributed by atoms with Crippen molar-refractivity contribution in [2.45, 2.75) is 31.4 Å². The van der Waals surface area contributed by atoms with Gasteiger partial charge in [-0.1, -0.05) is 48.5 Å². The Balaban J connectivity index is 1.27. The molecule has 156 valence electrons. The van der Waals surface area contributed by atoms with E-state index in [4.69, 9.17) is 4.74 Å². The van der Waals surface area contributed by atoms with Crippen LogP contribution in [0.2, 0.25) is 0 Å². The van der Waals surface area contributed by atoms with Crippen LogP contribution in [0, 0.1) is 5.92 Å². The lowest BCUT2D eigenvalue weighted by Crippen LogP contribution is -2.46. The first-order valence-corrected chi connectivity index (χ1v) is 10.7. The number of rotatable bonds is 3. The van der Waals surface area contributed by atoms with Crippen molar-refractivity contribution < 1.29 is 19.4 Å². The van der Waals surface area contributed by atoms with Crippen LogP contribution in [0.5, 0.6) is 0 Å². The van der Waals surface area contributed by atoms with E-state index in [0.29, 0.717) is 19.6 Å². The van der Waals surface area contributed by atoms with E-state index in [2.05, 4.69) is 17.0 Å². The minimum atomic E-state index is -0.715. The molecule has 0 bridgehead atoms. The summed E-state index contributed by atoms with van der Waals surface area (Å²) in [6.45, 7) is 2.72. The van der Waals surface area contributed by atoms with E-state index in [0.717, 1.165) is 48.1 Å². The molecule has 2 heterocycles. The molecule has 6 nitrogen and oxygen atoms in total. The maximum absolute atomic E-state index is 13.0. The summed E-state index contributed by atoms with van der Waals surface area (Å²) < 4.78 is 6.02. The van der Waals surface area contributed by atoms with Gasteiger partial charge in [-0.25, -0.2) is 4.79 Å². The number of carboxylic acids is 1. The fraction of sp³-hybridized carbons (Fsp3) is 0.417. The number of aliphatic carboxylic acids is 1. The molecule has 6 heteroatoms. The van der Waals surface area contributed by atoms with Crippen molar-refractivity contribution >= 4 is 12.1 Å². The molecule has 1 amide bonds. The summed E-state index contributed by atoms with van der Waals surface area (Å²) >= 11 is 0. The number of carbonyl (C=O) groups excluding carboxylic acids is 1. The summed E-state index contributed by atoms with van der Waals surface area (Å²) in [4.78, 5) is 28.4. The van der Waals surface area contributed by atoms with E-state index >= 15 is 0 Å². The molecule has 5 rings (SSSR count). The highest BCUT2D eigenvalue weighted by atomic mass is 16.6. The largest absolute Gasteiger partial charge is 0.481 e. The van der Waals surface area contributed by atoms with Gasteiger partial charge in [0.1, 0.15) is 0 Å². The molecule has 3 aliphatic rings. The number of carbonyl (C=O) groups is 2. The second kappa shape index (κ2) is 7.76. The molecular formula is C24H26N2O4. The number of hydrogen-bond donors (Lipinski definition) is 1. The molecule has 0 saturated carbocycles. The fourth-order valence-corrected chi connectivity index (χ4v) is 5.16. The van der Waals surface area contributed by atoms with Crippen molar-refractivity contribution in [2.75, 3.05) is 26.2 Å². The SMILES string of the molecule is O=C(O)C1CCCN(C2CCN(C(=O)OC3c4ccccc4-c4ccccc43)C2)C1. The zero-order valence-corrected chi connectivity index (χ0v) is 16.9. The quantitative estimate of drug-likeness (QED) is 0.840. The topological polar surface area (TPSA) is 70.1 Å². The molecule has 2 aromatic carbocycles. The number of amides is 1. The summed E-state index contributed by atoms with van der Waals surface area (Å²) in [6, 6.07) is 16.4. The van der Waals surface area contributed by atoms with E-state index in [1.807, 2.05) is 36.4 Å². The highest BCUT2D eigenvalue weighted by molar-refractivity contribution is 5.80. The van der Waals surface area contributed by atoms with Crippen molar-refractivity contribution in [3.05, 3.63) is 59.7 Å². The highest BCUT2D eigenvalue weighted by Gasteiger charge is 2.37. The Morgan fingerprint density at radius 2 is 1.57 bits per heavy atom. The molecule has 1 N–H and O–H groups in total. The summed E-state index contributed by atoms with van der Waals surface area (Å²) in [7, 11) is 0. The van der Waals surface area contributed by atoms with E-state index in [9.17, 15) is 14.7 Å². The van der Waals surface area contributed by atoms with Crippen LogP contribution in [-0.2, 0) is 9.53 Å². The van der Waals surface area contributed by atoms with E-state index in [1.54, 1.807) is 4.90 Å². The van der Waals surface area contributed by atoms with Crippen LogP contribution in [0.25, 0.3) is 11.1 Å². The van der Waals surface area contributed by atoms with Crippen LogP contribution in [0.1, 0.15) is 36.5 Å². The van der Waals surface area contributed by atoms with Crippen LogP contribution in [-0.4, -0.2) is 59.2 Å². The van der Waals surface area contributed by atoms with Gasteiger partial charge in [-0.2, -0.15) is 0 Å². The molecule has 0 aromatic heterocycles. The predicted octanol–water partition coefficient (Wildman–Crippen LogP) is 3.76. The van der Waals surface area contributed by atoms with Crippen LogP contribution in [0.3, 0.4) is 0 Å². The van der Waals surface area contributed by atoms with Crippen LogP contribution >= 0.6 is 0 Å². The molecular weight excluding hydrogens is 380 g/mol. The first-order chi connectivity index (χ1) is 14.6. The minimum absolute atomic E-state index is 0.211. The van der Waals surface area contributed by atoms with E-state index < -0.39 is 5.97 Å². The number of nitrogens with zero attached hydrogens (tertiary/aromatic N) is 2. The van der Waals surface area contributed by atoms with Gasteiger partial charge in [0, 0.05) is 36.8 Å². The van der Waals surface area contributed by atoms with Gasteiger partial charge in [0.15, 0.2) is 6.10 Å². The van der Waals surface area contributed by atoms with Gasteiger partial charge in [-0.3, -0.25) is 9.69 Å². The number of carboxylic acid groups (broad SMARTS) is 1. The molecule has 2 aliphatic heterocycles. The number of hydrogen-bond acceptors (Lipinski definition) is 4. The minimum Gasteiger partial charge on any atom is -0.481 e. The Hall–Kier alpha value is -2.86. The van der Waals surface area contributed by atoms with Crippen LogP contribution < -0.4 is 0 Å². The lowest BCUT2D eigenvalue weighted by Gasteiger charge is -2.35. The Morgan fingerprint density at radius 1 is 0.900 bits per heavy atom. The lowest BCUT2D eigenvalue weighted by molar-refractivity contribution is -0.143. The second-order valence-corrected chi connectivity index (χ2v) is 8.50. The van der Waals surface area contributed by atoms with Crippen molar-refractivity contribution in [1.29, 1.82) is 0 Å². The molecule has 2 aromatic rings. The van der Waals surface area contributed by atoms with Gasteiger partial charge in [-0.15, -0.1) is 0 Å². The van der Waals surface area contributed by atoms with Crippen molar-refractivity contribution in [3.63, 3.8) is 0 Å². The maximum Gasteiger partial charge on any atom is 0.410 e. The zero-order valence-electron chi connectivity index (χ0n) is 16.9. The Kier molecular flexibility index (Phi) is 4.95. The summed E-state index contributed by atoms with van der Waals surface area (Å²) in [6.07, 6.45) is 1.83. The molecule has 0 spiro atoms. The monoisotopic (exact) mass is 406 g/mol. The Bertz CT molecular complexity index is 930. The van der Waals surface area contributed by atoms with Crippen LogP contribution in [0.15, 0.2) is 48.5 Å². The summed E-state index contributed by atoms with van der Waals surface area (Å²) in [5.74, 6) is -1.02. The molecule has 2 fully saturated rings. The zero-order chi connectivity index (χ0) is 20.7. The number of fused-ring (bicyclic) bond motifs is 3. The lowest BCUT2D eigenvalue weighted by atomic mass is 9.97. The maximum atomic E-state index is 13.0. The first-order valence-electron chi connectivity index (χ1n) is 10.7. The van der Waals surface area contributed by atoms with Gasteiger partial charge in [0.05, 0.1) is 5.92 Å². The van der Waals surface area contributed by atoms with E-state index in [-0.39, 0.29) is 24.2 Å². The molecule has 2 saturated heterocycles. The molecule has 2 atom stereocenters. The van der Waals surface area contributed by atoms with Crippen molar-refractivity contribution in [3.8, 4) is 11.1 Å². The average molecular weight is 406 g/mol. The Labute approximate surface area is 176 Å².